The number of carboxylic acids is 1. The van der Waals surface area contributed by atoms with Crippen LogP contribution in [0.15, 0.2) is 39.5 Å². The van der Waals surface area contributed by atoms with E-state index in [4.69, 9.17) is 0 Å². The van der Waals surface area contributed by atoms with Crippen LogP contribution >= 0.6 is 23.5 Å². The fraction of sp³-hybridized carbons (Fsp3) is 0.250. The highest BCUT2D eigenvalue weighted by Crippen LogP contribution is 2.34. The second-order valence-corrected chi connectivity index (χ2v) is 6.01. The summed E-state index contributed by atoms with van der Waals surface area (Å²) in [6, 6.07) is 5.49. The first-order valence-electron chi connectivity index (χ1n) is 5.64. The Labute approximate surface area is 119 Å². The molecule has 0 aliphatic heterocycles. The van der Waals surface area contributed by atoms with Gasteiger partial charge in [-0.15, -0.1) is 22.0 Å². The third-order valence-corrected chi connectivity index (χ3v) is 4.43. The van der Waals surface area contributed by atoms with Gasteiger partial charge < -0.3 is 9.67 Å². The molecule has 2 aromatic rings. The summed E-state index contributed by atoms with van der Waals surface area (Å²) in [6.07, 6.45) is 1.59. The van der Waals surface area contributed by atoms with Gasteiger partial charge in [-0.3, -0.25) is 0 Å². The fourth-order valence-corrected chi connectivity index (χ4v) is 3.36. The van der Waals surface area contributed by atoms with Gasteiger partial charge in [0.1, 0.15) is 6.33 Å². The molecule has 2 rings (SSSR count). The highest BCUT2D eigenvalue weighted by Gasteiger charge is 2.17. The number of hydrogen-bond donors (Lipinski definition) is 1. The molecule has 0 bridgehead atoms. The lowest BCUT2D eigenvalue weighted by Crippen LogP contribution is -2.02. The minimum Gasteiger partial charge on any atom is -0.478 e. The first-order chi connectivity index (χ1) is 9.13. The third-order valence-electron chi connectivity index (χ3n) is 2.37. The SMILES string of the molecule is CCSc1cccc(Sc2nncn2C)c1C(=O)O. The minimum atomic E-state index is -0.916. The van der Waals surface area contributed by atoms with Gasteiger partial charge in [-0.1, -0.05) is 13.0 Å². The van der Waals surface area contributed by atoms with Gasteiger partial charge in [-0.05, 0) is 29.6 Å². The van der Waals surface area contributed by atoms with Crippen LogP contribution in [0.3, 0.4) is 0 Å². The largest absolute Gasteiger partial charge is 0.478 e. The third kappa shape index (κ3) is 3.10. The molecule has 0 saturated heterocycles. The average Bonchev–Trinajstić information content (AvgIpc) is 2.75. The molecule has 0 aliphatic carbocycles. The second-order valence-electron chi connectivity index (χ2n) is 3.69. The maximum atomic E-state index is 11.5. The lowest BCUT2D eigenvalue weighted by molar-refractivity contribution is 0.0689. The van der Waals surface area contributed by atoms with Crippen LogP contribution in [-0.2, 0) is 7.05 Å². The molecule has 0 spiro atoms. The van der Waals surface area contributed by atoms with Gasteiger partial charge in [0.2, 0.25) is 0 Å². The number of benzene rings is 1. The van der Waals surface area contributed by atoms with E-state index in [0.29, 0.717) is 15.6 Å². The molecule has 0 amide bonds. The van der Waals surface area contributed by atoms with Crippen LogP contribution in [0, 0.1) is 0 Å². The van der Waals surface area contributed by atoms with Crippen molar-refractivity contribution in [1.29, 1.82) is 0 Å². The molecule has 5 nitrogen and oxygen atoms in total. The van der Waals surface area contributed by atoms with Crippen molar-refractivity contribution in [1.82, 2.24) is 14.8 Å². The molecule has 100 valence electrons. The zero-order valence-electron chi connectivity index (χ0n) is 10.5. The summed E-state index contributed by atoms with van der Waals surface area (Å²) in [4.78, 5) is 12.9. The zero-order chi connectivity index (χ0) is 13.8. The Bertz CT molecular complexity index is 598. The van der Waals surface area contributed by atoms with Gasteiger partial charge in [-0.25, -0.2) is 4.79 Å². The number of aromatic nitrogens is 3. The van der Waals surface area contributed by atoms with E-state index in [1.54, 1.807) is 17.0 Å². The van der Waals surface area contributed by atoms with E-state index in [2.05, 4.69) is 10.2 Å². The van der Waals surface area contributed by atoms with E-state index in [1.165, 1.54) is 23.5 Å². The number of thioether (sulfide) groups is 1. The van der Waals surface area contributed by atoms with Crippen LogP contribution in [0.5, 0.6) is 0 Å². The van der Waals surface area contributed by atoms with Gasteiger partial charge in [0.05, 0.1) is 5.56 Å². The van der Waals surface area contributed by atoms with E-state index >= 15 is 0 Å². The van der Waals surface area contributed by atoms with E-state index < -0.39 is 5.97 Å². The summed E-state index contributed by atoms with van der Waals surface area (Å²) < 4.78 is 1.76. The van der Waals surface area contributed by atoms with Gasteiger partial charge in [0, 0.05) is 16.8 Å². The normalized spacial score (nSPS) is 10.6. The van der Waals surface area contributed by atoms with E-state index in [-0.39, 0.29) is 0 Å². The maximum Gasteiger partial charge on any atom is 0.337 e. The predicted molar refractivity (Wildman–Crippen MR) is 74.9 cm³/mol. The molecular weight excluding hydrogens is 282 g/mol. The number of carbonyl (C=O) groups is 1. The molecule has 0 atom stereocenters. The summed E-state index contributed by atoms with van der Waals surface area (Å²) in [5.41, 5.74) is 0.336. The Morgan fingerprint density at radius 1 is 1.42 bits per heavy atom. The summed E-state index contributed by atoms with van der Waals surface area (Å²) in [5.74, 6) is -0.0838. The van der Waals surface area contributed by atoms with Gasteiger partial charge in [0.25, 0.3) is 0 Å². The van der Waals surface area contributed by atoms with Crippen molar-refractivity contribution in [2.45, 2.75) is 21.9 Å². The van der Waals surface area contributed by atoms with Gasteiger partial charge >= 0.3 is 5.97 Å². The Morgan fingerprint density at radius 2 is 2.16 bits per heavy atom. The topological polar surface area (TPSA) is 68.0 Å². The molecule has 7 heteroatoms. The zero-order valence-corrected chi connectivity index (χ0v) is 12.2. The van der Waals surface area contributed by atoms with Crippen molar-refractivity contribution >= 4 is 29.5 Å². The highest BCUT2D eigenvalue weighted by molar-refractivity contribution is 8.00. The molecule has 0 unspecified atom stereocenters. The van der Waals surface area contributed by atoms with Crippen molar-refractivity contribution in [2.75, 3.05) is 5.75 Å². The maximum absolute atomic E-state index is 11.5. The van der Waals surface area contributed by atoms with Crippen molar-refractivity contribution in [2.24, 2.45) is 7.05 Å². The van der Waals surface area contributed by atoms with Crippen LogP contribution in [0.2, 0.25) is 0 Å². The molecule has 1 aromatic heterocycles. The van der Waals surface area contributed by atoms with Crippen LogP contribution in [0.25, 0.3) is 0 Å². The molecule has 0 fully saturated rings. The van der Waals surface area contributed by atoms with Crippen molar-refractivity contribution in [3.63, 3.8) is 0 Å². The lowest BCUT2D eigenvalue weighted by atomic mass is 10.2. The molecule has 1 aromatic carbocycles. The molecule has 0 aliphatic rings. The van der Waals surface area contributed by atoms with Crippen molar-refractivity contribution < 1.29 is 9.90 Å². The first-order valence-corrected chi connectivity index (χ1v) is 7.44. The quantitative estimate of drug-likeness (QED) is 0.855. The Hall–Kier alpha value is -1.47. The molecule has 1 heterocycles. The highest BCUT2D eigenvalue weighted by atomic mass is 32.2. The fourth-order valence-electron chi connectivity index (χ4n) is 1.55. The lowest BCUT2D eigenvalue weighted by Gasteiger charge is -2.09. The van der Waals surface area contributed by atoms with Crippen LogP contribution in [0.1, 0.15) is 17.3 Å². The number of nitrogens with zero attached hydrogens (tertiary/aromatic N) is 3. The number of hydrogen-bond acceptors (Lipinski definition) is 5. The van der Waals surface area contributed by atoms with Crippen molar-refractivity contribution in [3.8, 4) is 0 Å². The summed E-state index contributed by atoms with van der Waals surface area (Å²) in [7, 11) is 1.83. The minimum absolute atomic E-state index is 0.336. The molecule has 0 radical (unpaired) electrons. The predicted octanol–water partition coefficient (Wildman–Crippen LogP) is 2.78. The molecular formula is C12H13N3O2S2. The number of aryl methyl sites for hydroxylation is 1. The van der Waals surface area contributed by atoms with E-state index in [0.717, 1.165) is 10.6 Å². The first kappa shape index (κ1) is 14.0. The van der Waals surface area contributed by atoms with Crippen molar-refractivity contribution in [3.05, 3.63) is 30.1 Å². The van der Waals surface area contributed by atoms with Crippen LogP contribution in [0.4, 0.5) is 0 Å². The summed E-state index contributed by atoms with van der Waals surface area (Å²) in [5, 5.41) is 17.8. The Balaban J connectivity index is 2.42. The van der Waals surface area contributed by atoms with Crippen LogP contribution < -0.4 is 0 Å². The van der Waals surface area contributed by atoms with E-state index in [1.807, 2.05) is 26.1 Å². The number of rotatable bonds is 5. The van der Waals surface area contributed by atoms with Crippen LogP contribution in [-0.4, -0.2) is 31.6 Å². The monoisotopic (exact) mass is 295 g/mol. The average molecular weight is 295 g/mol. The van der Waals surface area contributed by atoms with Gasteiger partial charge in [0.15, 0.2) is 5.16 Å². The molecule has 0 saturated carbocycles. The summed E-state index contributed by atoms with van der Waals surface area (Å²) >= 11 is 2.84. The standard InChI is InChI=1S/C12H13N3O2S2/c1-3-18-8-5-4-6-9(10(8)11(16)17)19-12-14-13-7-15(12)2/h4-7H,3H2,1-2H3,(H,16,17). The second kappa shape index (κ2) is 6.12. The molecule has 1 N–H and O–H groups in total. The Kier molecular flexibility index (Phi) is 4.49. The smallest absolute Gasteiger partial charge is 0.337 e. The van der Waals surface area contributed by atoms with E-state index in [9.17, 15) is 9.90 Å². The number of aromatic carboxylic acids is 1. The summed E-state index contributed by atoms with van der Waals surface area (Å²) in [6.45, 7) is 2.00. The van der Waals surface area contributed by atoms with Gasteiger partial charge in [-0.2, -0.15) is 0 Å². The number of carboxylic acid groups (broad SMARTS) is 1. The Morgan fingerprint density at radius 3 is 2.74 bits per heavy atom. The molecule has 19 heavy (non-hydrogen) atoms.